The third kappa shape index (κ3) is 4.36. The molecule has 2 heterocycles. The third-order valence-electron chi connectivity index (χ3n) is 9.98. The van der Waals surface area contributed by atoms with E-state index in [2.05, 4.69) is 17.7 Å². The maximum absolute atomic E-state index is 11.5. The van der Waals surface area contributed by atoms with E-state index >= 15 is 0 Å². The van der Waals surface area contributed by atoms with E-state index in [4.69, 9.17) is 14.2 Å². The molecule has 0 saturated heterocycles. The van der Waals surface area contributed by atoms with Gasteiger partial charge in [-0.2, -0.15) is 0 Å². The minimum atomic E-state index is -0.789. The smallest absolute Gasteiger partial charge is 0.160 e. The van der Waals surface area contributed by atoms with Crippen LogP contribution in [0.15, 0.2) is 54.9 Å². The Morgan fingerprint density at radius 2 is 1.81 bits per heavy atom. The van der Waals surface area contributed by atoms with Crippen LogP contribution in [0.2, 0.25) is 0 Å². The predicted octanol–water partition coefficient (Wildman–Crippen LogP) is 4.08. The lowest BCUT2D eigenvalue weighted by Gasteiger charge is -2.41. The lowest BCUT2D eigenvalue weighted by atomic mass is 9.69. The van der Waals surface area contributed by atoms with Crippen LogP contribution in [-0.4, -0.2) is 47.9 Å². The molecule has 1 saturated carbocycles. The van der Waals surface area contributed by atoms with Crippen molar-refractivity contribution in [2.24, 2.45) is 0 Å². The maximum Gasteiger partial charge on any atom is 0.160 e. The Bertz CT molecular complexity index is 1550. The molecule has 4 unspecified atom stereocenters. The molecule has 7 rings (SSSR count). The molecule has 4 aliphatic rings. The molecule has 42 heavy (non-hydrogen) atoms. The molecule has 0 spiro atoms. The fourth-order valence-corrected chi connectivity index (χ4v) is 8.06. The number of hydrogen-bond donors (Lipinski definition) is 5. The van der Waals surface area contributed by atoms with Crippen molar-refractivity contribution in [3.8, 4) is 39.9 Å². The fraction of sp³-hybridized carbons (Fsp3) is 0.412. The molecular weight excluding hydrogens is 532 g/mol. The van der Waals surface area contributed by atoms with Gasteiger partial charge >= 0.3 is 0 Å². The molecule has 8 nitrogen and oxygen atoms in total. The topological polar surface area (TPSA) is 105 Å². The average molecular weight is 572 g/mol. The first kappa shape index (κ1) is 27.0. The van der Waals surface area contributed by atoms with Gasteiger partial charge in [-0.15, -0.1) is 0 Å². The SMILES string of the molecule is COc1cc(C2Oc3cc(OC)c4c(c3CC2O)C(CC2([NH+]3C=CNC3)CCCC2)Cc2cc(O)ccc2-4)ccc1O. The van der Waals surface area contributed by atoms with Crippen molar-refractivity contribution in [2.75, 3.05) is 20.9 Å². The van der Waals surface area contributed by atoms with E-state index in [0.717, 1.165) is 58.8 Å². The Labute approximate surface area is 246 Å². The van der Waals surface area contributed by atoms with E-state index in [1.165, 1.54) is 43.3 Å². The van der Waals surface area contributed by atoms with Crippen molar-refractivity contribution in [3.05, 3.63) is 77.1 Å². The van der Waals surface area contributed by atoms with Gasteiger partial charge in [0.15, 0.2) is 18.2 Å². The number of hydrogen-bond acceptors (Lipinski definition) is 7. The molecular formula is C34H39N2O6+. The number of aliphatic hydroxyl groups is 1. The first-order chi connectivity index (χ1) is 20.4. The summed E-state index contributed by atoms with van der Waals surface area (Å²) in [5, 5.41) is 35.5. The number of benzene rings is 3. The average Bonchev–Trinajstić information content (AvgIpc) is 3.70. The molecule has 1 fully saturated rings. The van der Waals surface area contributed by atoms with Crippen LogP contribution in [0.25, 0.3) is 11.1 Å². The zero-order chi connectivity index (χ0) is 29.0. The van der Waals surface area contributed by atoms with Crippen molar-refractivity contribution in [1.82, 2.24) is 5.32 Å². The number of phenolic OH excluding ortho intramolecular Hbond substituents is 2. The Morgan fingerprint density at radius 1 is 1.00 bits per heavy atom. The highest BCUT2D eigenvalue weighted by Crippen LogP contribution is 2.54. The lowest BCUT2D eigenvalue weighted by molar-refractivity contribution is -0.901. The summed E-state index contributed by atoms with van der Waals surface area (Å²) in [6.07, 6.45) is 9.97. The number of ether oxygens (including phenoxy) is 3. The normalized spacial score (nSPS) is 25.1. The number of methoxy groups -OCH3 is 2. The summed E-state index contributed by atoms with van der Waals surface area (Å²) in [6, 6.07) is 12.6. The van der Waals surface area contributed by atoms with Crippen LogP contribution in [0.1, 0.15) is 66.4 Å². The molecule has 3 aromatic carbocycles. The Balaban J connectivity index is 1.36. The first-order valence-electron chi connectivity index (χ1n) is 14.9. The molecule has 3 aromatic rings. The van der Waals surface area contributed by atoms with Gasteiger partial charge in [0, 0.05) is 42.9 Å². The van der Waals surface area contributed by atoms with E-state index < -0.39 is 12.2 Å². The monoisotopic (exact) mass is 571 g/mol. The van der Waals surface area contributed by atoms with Crippen molar-refractivity contribution in [2.45, 2.75) is 68.6 Å². The molecule has 0 bridgehead atoms. The van der Waals surface area contributed by atoms with E-state index in [0.29, 0.717) is 12.2 Å². The third-order valence-corrected chi connectivity index (χ3v) is 9.98. The highest BCUT2D eigenvalue weighted by Gasteiger charge is 2.48. The summed E-state index contributed by atoms with van der Waals surface area (Å²) in [5.41, 5.74) is 6.31. The van der Waals surface area contributed by atoms with Gasteiger partial charge in [-0.3, -0.25) is 4.90 Å². The van der Waals surface area contributed by atoms with Gasteiger partial charge in [0.25, 0.3) is 0 Å². The lowest BCUT2D eigenvalue weighted by Crippen LogP contribution is -3.16. The number of aromatic hydroxyl groups is 2. The van der Waals surface area contributed by atoms with Gasteiger partial charge in [0.2, 0.25) is 0 Å². The van der Waals surface area contributed by atoms with Crippen molar-refractivity contribution in [1.29, 1.82) is 0 Å². The Kier molecular flexibility index (Phi) is 6.71. The van der Waals surface area contributed by atoms with Crippen LogP contribution in [0.4, 0.5) is 0 Å². The van der Waals surface area contributed by atoms with Crippen LogP contribution in [0, 0.1) is 0 Å². The highest BCUT2D eigenvalue weighted by molar-refractivity contribution is 5.83. The molecule has 2 aliphatic carbocycles. The van der Waals surface area contributed by atoms with Gasteiger partial charge in [-0.1, -0.05) is 12.1 Å². The predicted molar refractivity (Wildman–Crippen MR) is 158 cm³/mol. The van der Waals surface area contributed by atoms with E-state index in [-0.39, 0.29) is 23.0 Å². The van der Waals surface area contributed by atoms with Crippen molar-refractivity contribution in [3.63, 3.8) is 0 Å². The second-order valence-electron chi connectivity index (χ2n) is 12.3. The second kappa shape index (κ2) is 10.4. The highest BCUT2D eigenvalue weighted by atomic mass is 16.5. The molecule has 220 valence electrons. The van der Waals surface area contributed by atoms with Gasteiger partial charge in [0.05, 0.1) is 26.5 Å². The van der Waals surface area contributed by atoms with Crippen LogP contribution in [0.5, 0.6) is 28.7 Å². The molecule has 0 radical (unpaired) electrons. The first-order valence-corrected chi connectivity index (χ1v) is 14.9. The van der Waals surface area contributed by atoms with Gasteiger partial charge < -0.3 is 34.8 Å². The largest absolute Gasteiger partial charge is 0.508 e. The van der Waals surface area contributed by atoms with Crippen LogP contribution < -0.4 is 24.4 Å². The number of aliphatic hydroxyl groups excluding tert-OH is 1. The van der Waals surface area contributed by atoms with Crippen molar-refractivity contribution < 1.29 is 34.4 Å². The Morgan fingerprint density at radius 3 is 2.55 bits per heavy atom. The number of rotatable bonds is 6. The number of phenols is 2. The maximum atomic E-state index is 11.5. The zero-order valence-electron chi connectivity index (χ0n) is 24.2. The van der Waals surface area contributed by atoms with Crippen LogP contribution in [-0.2, 0) is 12.8 Å². The summed E-state index contributed by atoms with van der Waals surface area (Å²) in [7, 11) is 3.20. The minimum Gasteiger partial charge on any atom is -0.508 e. The quantitative estimate of drug-likeness (QED) is 0.304. The van der Waals surface area contributed by atoms with Gasteiger partial charge in [-0.25, -0.2) is 0 Å². The standard InChI is InChI=1S/C34H38N2O6/c1-40-29-15-20(5-8-26(29)38)33-27(39)16-25-28(42-33)17-30(41-2)32-24-7-6-23(37)14-21(24)13-22(31(25)32)18-34(9-3-4-10-34)36-12-11-35-19-36/h5-8,11-12,14-15,17,22,27,33,35,37-39H,3-4,9-10,13,16,18-19H2,1-2H3/p+1. The van der Waals surface area contributed by atoms with Crippen molar-refractivity contribution >= 4 is 0 Å². The molecule has 5 N–H and O–H groups in total. The minimum absolute atomic E-state index is 0.0428. The fourth-order valence-electron chi connectivity index (χ4n) is 8.06. The summed E-state index contributed by atoms with van der Waals surface area (Å²) < 4.78 is 18.0. The molecule has 0 aromatic heterocycles. The summed E-state index contributed by atoms with van der Waals surface area (Å²) >= 11 is 0. The van der Waals surface area contributed by atoms with Crippen LogP contribution in [0.3, 0.4) is 0 Å². The van der Waals surface area contributed by atoms with E-state index in [9.17, 15) is 15.3 Å². The zero-order valence-corrected chi connectivity index (χ0v) is 24.2. The summed E-state index contributed by atoms with van der Waals surface area (Å²) in [4.78, 5) is 1.48. The number of fused-ring (bicyclic) bond motifs is 5. The van der Waals surface area contributed by atoms with Gasteiger partial charge in [-0.05, 0) is 71.7 Å². The molecule has 8 heteroatoms. The Hall–Kier alpha value is -3.88. The number of nitrogens with one attached hydrogen (secondary N) is 2. The summed E-state index contributed by atoms with van der Waals surface area (Å²) in [5.74, 6) is 2.27. The van der Waals surface area contributed by atoms with E-state index in [1.807, 2.05) is 18.2 Å². The molecule has 0 amide bonds. The van der Waals surface area contributed by atoms with Gasteiger partial charge in [0.1, 0.15) is 35.1 Å². The van der Waals surface area contributed by atoms with E-state index in [1.54, 1.807) is 31.4 Å². The molecule has 4 atom stereocenters. The number of quaternary nitrogens is 1. The summed E-state index contributed by atoms with van der Waals surface area (Å²) in [6.45, 7) is 0.896. The van der Waals surface area contributed by atoms with Crippen LogP contribution >= 0.6 is 0 Å². The molecule has 2 aliphatic heterocycles. The second-order valence-corrected chi connectivity index (χ2v) is 12.3.